The van der Waals surface area contributed by atoms with Crippen molar-refractivity contribution in [2.24, 2.45) is 0 Å². The fourth-order valence-corrected chi connectivity index (χ4v) is 4.51. The van der Waals surface area contributed by atoms with E-state index in [1.165, 1.54) is 11.3 Å². The molecule has 0 bridgehead atoms. The van der Waals surface area contributed by atoms with E-state index in [1.54, 1.807) is 23.7 Å². The molecule has 0 saturated carbocycles. The van der Waals surface area contributed by atoms with E-state index in [0.717, 1.165) is 23.1 Å². The van der Waals surface area contributed by atoms with Crippen molar-refractivity contribution in [3.05, 3.63) is 47.6 Å². The van der Waals surface area contributed by atoms with Crippen LogP contribution in [0.5, 0.6) is 0 Å². The highest BCUT2D eigenvalue weighted by Gasteiger charge is 2.15. The molecule has 3 aromatic heterocycles. The van der Waals surface area contributed by atoms with Gasteiger partial charge in [-0.05, 0) is 42.5 Å². The van der Waals surface area contributed by atoms with Gasteiger partial charge in [0.2, 0.25) is 10.0 Å². The molecule has 116 valence electrons. The van der Waals surface area contributed by atoms with Gasteiger partial charge in [-0.15, -0.1) is 11.3 Å². The summed E-state index contributed by atoms with van der Waals surface area (Å²) >= 11 is 1.22. The van der Waals surface area contributed by atoms with E-state index in [1.807, 2.05) is 12.1 Å². The second-order valence-corrected chi connectivity index (χ2v) is 7.84. The van der Waals surface area contributed by atoms with E-state index < -0.39 is 10.0 Å². The zero-order valence-electron chi connectivity index (χ0n) is 12.2. The number of aryl methyl sites for hydroxylation is 1. The molecule has 3 heterocycles. The van der Waals surface area contributed by atoms with Crippen LogP contribution in [0.4, 0.5) is 0 Å². The van der Waals surface area contributed by atoms with Gasteiger partial charge in [0.15, 0.2) is 0 Å². The molecule has 0 radical (unpaired) electrons. The maximum absolute atomic E-state index is 12.1. The lowest BCUT2D eigenvalue weighted by molar-refractivity contribution is 0.584. The van der Waals surface area contributed by atoms with E-state index in [4.69, 9.17) is 0 Å². The highest BCUT2D eigenvalue weighted by atomic mass is 32.2. The van der Waals surface area contributed by atoms with E-state index >= 15 is 0 Å². The molecule has 0 aliphatic rings. The van der Waals surface area contributed by atoms with Crippen molar-refractivity contribution in [3.8, 4) is 0 Å². The molecule has 22 heavy (non-hydrogen) atoms. The van der Waals surface area contributed by atoms with Crippen molar-refractivity contribution in [2.45, 2.75) is 24.1 Å². The van der Waals surface area contributed by atoms with Gasteiger partial charge in [0.25, 0.3) is 0 Å². The lowest BCUT2D eigenvalue weighted by atomic mass is 10.2. The number of fused-ring (bicyclic) bond motifs is 1. The van der Waals surface area contributed by atoms with Crippen LogP contribution >= 0.6 is 11.3 Å². The summed E-state index contributed by atoms with van der Waals surface area (Å²) in [4.78, 5) is 4.40. The Kier molecular flexibility index (Phi) is 4.28. The summed E-state index contributed by atoms with van der Waals surface area (Å²) in [6.07, 6.45) is 4.47. The normalized spacial score (nSPS) is 12.0. The summed E-state index contributed by atoms with van der Waals surface area (Å²) in [6.45, 7) is 3.28. The molecular formula is C15H17N3O2S2. The van der Waals surface area contributed by atoms with Crippen molar-refractivity contribution in [3.63, 3.8) is 0 Å². The minimum Gasteiger partial charge on any atom is -0.333 e. The van der Waals surface area contributed by atoms with Gasteiger partial charge in [0.05, 0.1) is 0 Å². The maximum Gasteiger partial charge on any atom is 0.250 e. The van der Waals surface area contributed by atoms with Gasteiger partial charge in [0, 0.05) is 30.9 Å². The third kappa shape index (κ3) is 2.92. The van der Waals surface area contributed by atoms with Crippen LogP contribution in [0.3, 0.4) is 0 Å². The van der Waals surface area contributed by atoms with Gasteiger partial charge in [-0.1, -0.05) is 6.07 Å². The summed E-state index contributed by atoms with van der Waals surface area (Å²) in [5, 5.41) is 2.84. The van der Waals surface area contributed by atoms with Crippen LogP contribution in [0.25, 0.3) is 11.0 Å². The molecule has 5 nitrogen and oxygen atoms in total. The SMILES string of the molecule is CCn1cc(CCNS(=O)(=O)c2cccs2)c2cccnc21. The molecule has 3 aromatic rings. The van der Waals surface area contributed by atoms with Crippen LogP contribution in [0.2, 0.25) is 0 Å². The van der Waals surface area contributed by atoms with Crippen LogP contribution in [-0.2, 0) is 23.0 Å². The molecule has 0 atom stereocenters. The predicted octanol–water partition coefficient (Wildman–Crippen LogP) is 2.64. The van der Waals surface area contributed by atoms with Crippen LogP contribution in [0.1, 0.15) is 12.5 Å². The Morgan fingerprint density at radius 2 is 2.18 bits per heavy atom. The minimum absolute atomic E-state index is 0.352. The number of aromatic nitrogens is 2. The largest absolute Gasteiger partial charge is 0.333 e. The van der Waals surface area contributed by atoms with Gasteiger partial charge in [-0.25, -0.2) is 18.1 Å². The molecule has 1 N–H and O–H groups in total. The lowest BCUT2D eigenvalue weighted by Crippen LogP contribution is -2.25. The smallest absolute Gasteiger partial charge is 0.250 e. The molecule has 0 aromatic carbocycles. The average Bonchev–Trinajstić information content (AvgIpc) is 3.15. The molecule has 0 aliphatic carbocycles. The third-order valence-electron chi connectivity index (χ3n) is 3.50. The molecule has 0 fully saturated rings. The molecule has 7 heteroatoms. The molecule has 0 spiro atoms. The zero-order chi connectivity index (χ0) is 15.6. The van der Waals surface area contributed by atoms with Crippen LogP contribution < -0.4 is 4.72 Å². The van der Waals surface area contributed by atoms with Gasteiger partial charge in [-0.3, -0.25) is 0 Å². The van der Waals surface area contributed by atoms with Gasteiger partial charge in [0.1, 0.15) is 9.86 Å². The highest BCUT2D eigenvalue weighted by Crippen LogP contribution is 2.20. The number of nitrogens with one attached hydrogen (secondary N) is 1. The number of thiophene rings is 1. The molecule has 3 rings (SSSR count). The maximum atomic E-state index is 12.1. The number of pyridine rings is 1. The minimum atomic E-state index is -3.39. The molecule has 0 aliphatic heterocycles. The second kappa shape index (κ2) is 6.20. The standard InChI is InChI=1S/C15H17N3O2S2/c1-2-18-11-12(13-5-3-8-16-15(13)18)7-9-17-22(19,20)14-6-4-10-21-14/h3-6,8,10-11,17H,2,7,9H2,1H3. The van der Waals surface area contributed by atoms with Crippen molar-refractivity contribution in [1.29, 1.82) is 0 Å². The van der Waals surface area contributed by atoms with Crippen molar-refractivity contribution in [1.82, 2.24) is 14.3 Å². The Hall–Kier alpha value is -1.70. The highest BCUT2D eigenvalue weighted by molar-refractivity contribution is 7.91. The fraction of sp³-hybridized carbons (Fsp3) is 0.267. The summed E-state index contributed by atoms with van der Waals surface area (Å²) < 4.78 is 29.3. The molecule has 0 amide bonds. The number of nitrogens with zero attached hydrogens (tertiary/aromatic N) is 2. The monoisotopic (exact) mass is 335 g/mol. The van der Waals surface area contributed by atoms with E-state index in [0.29, 0.717) is 17.2 Å². The summed E-state index contributed by atoms with van der Waals surface area (Å²) in [7, 11) is -3.39. The van der Waals surface area contributed by atoms with Crippen molar-refractivity contribution in [2.75, 3.05) is 6.54 Å². The topological polar surface area (TPSA) is 64.0 Å². The Bertz CT molecular complexity index is 867. The first-order valence-electron chi connectivity index (χ1n) is 7.07. The van der Waals surface area contributed by atoms with Crippen LogP contribution in [0.15, 0.2) is 46.2 Å². The summed E-state index contributed by atoms with van der Waals surface area (Å²) in [6, 6.07) is 7.28. The molecule has 0 unspecified atom stereocenters. The summed E-state index contributed by atoms with van der Waals surface area (Å²) in [5.74, 6) is 0. The Labute approximate surface area is 133 Å². The Morgan fingerprint density at radius 1 is 1.32 bits per heavy atom. The first-order chi connectivity index (χ1) is 10.6. The lowest BCUT2D eigenvalue weighted by Gasteiger charge is -2.04. The van der Waals surface area contributed by atoms with Gasteiger partial charge < -0.3 is 4.57 Å². The fourth-order valence-electron chi connectivity index (χ4n) is 2.44. The molecule has 0 saturated heterocycles. The van der Waals surface area contributed by atoms with Gasteiger partial charge >= 0.3 is 0 Å². The van der Waals surface area contributed by atoms with Crippen LogP contribution in [-0.4, -0.2) is 24.5 Å². The first kappa shape index (κ1) is 15.2. The van der Waals surface area contributed by atoms with E-state index in [9.17, 15) is 8.42 Å². The number of hydrogen-bond acceptors (Lipinski definition) is 4. The summed E-state index contributed by atoms with van der Waals surface area (Å²) in [5.41, 5.74) is 2.06. The Morgan fingerprint density at radius 3 is 2.91 bits per heavy atom. The first-order valence-corrected chi connectivity index (χ1v) is 9.44. The van der Waals surface area contributed by atoms with Crippen molar-refractivity contribution >= 4 is 32.4 Å². The quantitative estimate of drug-likeness (QED) is 0.753. The Balaban J connectivity index is 1.75. The second-order valence-electron chi connectivity index (χ2n) is 4.89. The third-order valence-corrected chi connectivity index (χ3v) is 6.36. The van der Waals surface area contributed by atoms with Crippen LogP contribution in [0, 0.1) is 0 Å². The predicted molar refractivity (Wildman–Crippen MR) is 88.6 cm³/mol. The van der Waals surface area contributed by atoms with Gasteiger partial charge in [-0.2, -0.15) is 0 Å². The zero-order valence-corrected chi connectivity index (χ0v) is 13.8. The number of hydrogen-bond donors (Lipinski definition) is 1. The van der Waals surface area contributed by atoms with E-state index in [-0.39, 0.29) is 0 Å². The van der Waals surface area contributed by atoms with E-state index in [2.05, 4.69) is 27.4 Å². The number of sulfonamides is 1. The average molecular weight is 335 g/mol. The molecular weight excluding hydrogens is 318 g/mol. The number of rotatable bonds is 6. The van der Waals surface area contributed by atoms with Crippen molar-refractivity contribution < 1.29 is 8.42 Å².